The highest BCUT2D eigenvalue weighted by Gasteiger charge is 2.11. The monoisotopic (exact) mass is 272 g/mol. The molecular formula is C15H13ClN2O. The molecule has 3 nitrogen and oxygen atoms in total. The number of rotatable bonds is 3. The van der Waals surface area contributed by atoms with Crippen molar-refractivity contribution in [3.8, 4) is 11.8 Å². The molecule has 0 bridgehead atoms. The fraction of sp³-hybridized carbons (Fsp3) is 0.133. The van der Waals surface area contributed by atoms with Crippen LogP contribution in [-0.4, -0.2) is 5.11 Å². The molecule has 0 aliphatic carbocycles. The minimum absolute atomic E-state index is 0.133. The lowest BCUT2D eigenvalue weighted by Crippen LogP contribution is -2.08. The van der Waals surface area contributed by atoms with Crippen molar-refractivity contribution in [2.75, 3.05) is 5.32 Å². The molecule has 4 heteroatoms. The van der Waals surface area contributed by atoms with Gasteiger partial charge in [-0.15, -0.1) is 0 Å². The summed E-state index contributed by atoms with van der Waals surface area (Å²) in [4.78, 5) is 0. The number of aromatic hydroxyl groups is 1. The number of para-hydroxylation sites is 1. The summed E-state index contributed by atoms with van der Waals surface area (Å²) < 4.78 is 0. The normalized spacial score (nSPS) is 11.6. The highest BCUT2D eigenvalue weighted by atomic mass is 35.5. The van der Waals surface area contributed by atoms with Crippen molar-refractivity contribution < 1.29 is 5.11 Å². The minimum Gasteiger partial charge on any atom is -0.508 e. The zero-order valence-electron chi connectivity index (χ0n) is 10.4. The van der Waals surface area contributed by atoms with Crippen LogP contribution < -0.4 is 5.32 Å². The van der Waals surface area contributed by atoms with Gasteiger partial charge in [0, 0.05) is 10.6 Å². The molecule has 0 heterocycles. The van der Waals surface area contributed by atoms with Gasteiger partial charge >= 0.3 is 0 Å². The van der Waals surface area contributed by atoms with Crippen LogP contribution in [0.2, 0.25) is 5.02 Å². The summed E-state index contributed by atoms with van der Waals surface area (Å²) in [5, 5.41) is 22.6. The highest BCUT2D eigenvalue weighted by molar-refractivity contribution is 6.30. The molecule has 1 unspecified atom stereocenters. The maximum Gasteiger partial charge on any atom is 0.120 e. The van der Waals surface area contributed by atoms with Gasteiger partial charge in [0.2, 0.25) is 0 Å². The van der Waals surface area contributed by atoms with Crippen LogP contribution >= 0.6 is 11.6 Å². The Balaban J connectivity index is 2.29. The van der Waals surface area contributed by atoms with Crippen LogP contribution in [0.15, 0.2) is 42.5 Å². The molecule has 2 aromatic carbocycles. The molecule has 0 aromatic heterocycles. The van der Waals surface area contributed by atoms with Crippen molar-refractivity contribution in [3.63, 3.8) is 0 Å². The van der Waals surface area contributed by atoms with E-state index in [4.69, 9.17) is 16.9 Å². The average molecular weight is 273 g/mol. The van der Waals surface area contributed by atoms with Crippen LogP contribution in [0.25, 0.3) is 0 Å². The third-order valence-electron chi connectivity index (χ3n) is 2.88. The Morgan fingerprint density at radius 3 is 2.68 bits per heavy atom. The summed E-state index contributed by atoms with van der Waals surface area (Å²) in [6.07, 6.45) is 0. The Morgan fingerprint density at radius 1 is 1.26 bits per heavy atom. The quantitative estimate of drug-likeness (QED) is 0.885. The van der Waals surface area contributed by atoms with Crippen LogP contribution in [-0.2, 0) is 0 Å². The number of benzene rings is 2. The van der Waals surface area contributed by atoms with E-state index in [1.54, 1.807) is 30.3 Å². The summed E-state index contributed by atoms with van der Waals surface area (Å²) in [7, 11) is 0. The Hall–Kier alpha value is -2.18. The number of phenols is 1. The predicted octanol–water partition coefficient (Wildman–Crippen LogP) is 4.09. The maximum atomic E-state index is 9.81. The first kappa shape index (κ1) is 13.3. The highest BCUT2D eigenvalue weighted by Crippen LogP contribution is 2.29. The number of hydrogen-bond acceptors (Lipinski definition) is 3. The van der Waals surface area contributed by atoms with Gasteiger partial charge in [-0.2, -0.15) is 5.26 Å². The molecule has 0 saturated heterocycles. The molecule has 2 aromatic rings. The maximum absolute atomic E-state index is 9.81. The molecule has 0 fully saturated rings. The van der Waals surface area contributed by atoms with Crippen LogP contribution in [0, 0.1) is 11.3 Å². The van der Waals surface area contributed by atoms with Gasteiger partial charge in [0.05, 0.1) is 17.3 Å². The molecule has 0 aliphatic rings. The van der Waals surface area contributed by atoms with Gasteiger partial charge in [0.25, 0.3) is 0 Å². The Kier molecular flexibility index (Phi) is 3.94. The smallest absolute Gasteiger partial charge is 0.120 e. The lowest BCUT2D eigenvalue weighted by atomic mass is 10.1. The number of nitriles is 1. The number of nitrogens with zero attached hydrogens (tertiary/aromatic N) is 1. The van der Waals surface area contributed by atoms with E-state index in [0.717, 1.165) is 5.56 Å². The second-order valence-electron chi connectivity index (χ2n) is 4.23. The summed E-state index contributed by atoms with van der Waals surface area (Å²) in [5.74, 6) is 0.225. The molecule has 1 atom stereocenters. The van der Waals surface area contributed by atoms with Crippen molar-refractivity contribution in [2.45, 2.75) is 13.0 Å². The van der Waals surface area contributed by atoms with Crippen molar-refractivity contribution in [1.82, 2.24) is 0 Å². The van der Waals surface area contributed by atoms with Gasteiger partial charge in [-0.3, -0.25) is 0 Å². The summed E-state index contributed by atoms with van der Waals surface area (Å²) >= 11 is 5.94. The largest absolute Gasteiger partial charge is 0.508 e. The van der Waals surface area contributed by atoms with Gasteiger partial charge in [-0.1, -0.05) is 29.8 Å². The number of anilines is 1. The van der Waals surface area contributed by atoms with Gasteiger partial charge in [-0.25, -0.2) is 0 Å². The van der Waals surface area contributed by atoms with Crippen molar-refractivity contribution >= 4 is 17.3 Å². The zero-order chi connectivity index (χ0) is 13.8. The molecule has 19 heavy (non-hydrogen) atoms. The molecule has 96 valence electrons. The molecule has 2 rings (SSSR count). The van der Waals surface area contributed by atoms with E-state index < -0.39 is 0 Å². The van der Waals surface area contributed by atoms with Crippen LogP contribution in [0.1, 0.15) is 24.1 Å². The SMILES string of the molecule is CC(Nc1cc(Cl)ccc1C#N)c1ccccc1O. The van der Waals surface area contributed by atoms with Gasteiger partial charge < -0.3 is 10.4 Å². The fourth-order valence-corrected chi connectivity index (χ4v) is 2.07. The van der Waals surface area contributed by atoms with E-state index >= 15 is 0 Å². The fourth-order valence-electron chi connectivity index (χ4n) is 1.90. The first-order chi connectivity index (χ1) is 9.11. The van der Waals surface area contributed by atoms with E-state index in [9.17, 15) is 5.11 Å². The summed E-state index contributed by atoms with van der Waals surface area (Å²) in [5.41, 5.74) is 1.95. The van der Waals surface area contributed by atoms with Crippen LogP contribution in [0.5, 0.6) is 5.75 Å². The third kappa shape index (κ3) is 2.98. The van der Waals surface area contributed by atoms with E-state index in [2.05, 4.69) is 11.4 Å². The van der Waals surface area contributed by atoms with E-state index in [1.165, 1.54) is 0 Å². The number of nitrogens with one attached hydrogen (secondary N) is 1. The lowest BCUT2D eigenvalue weighted by molar-refractivity contribution is 0.465. The first-order valence-electron chi connectivity index (χ1n) is 5.86. The van der Waals surface area contributed by atoms with Gasteiger partial charge in [-0.05, 0) is 31.2 Å². The lowest BCUT2D eigenvalue weighted by Gasteiger charge is -2.17. The van der Waals surface area contributed by atoms with Crippen molar-refractivity contribution in [2.24, 2.45) is 0 Å². The molecule has 0 radical (unpaired) electrons. The first-order valence-corrected chi connectivity index (χ1v) is 6.23. The van der Waals surface area contributed by atoms with Gasteiger partial charge in [0.1, 0.15) is 11.8 Å². The summed E-state index contributed by atoms with van der Waals surface area (Å²) in [6.45, 7) is 1.91. The third-order valence-corrected chi connectivity index (χ3v) is 3.11. The number of phenolic OH excluding ortho intramolecular Hbond substituents is 1. The molecule has 2 N–H and O–H groups in total. The van der Waals surface area contributed by atoms with E-state index in [1.807, 2.05) is 19.1 Å². The standard InChI is InChI=1S/C15H13ClN2O/c1-10(13-4-2-3-5-15(13)19)18-14-8-12(16)7-6-11(14)9-17/h2-8,10,18-19H,1H3. The van der Waals surface area contributed by atoms with E-state index in [-0.39, 0.29) is 11.8 Å². The molecule has 0 spiro atoms. The van der Waals surface area contributed by atoms with Crippen molar-refractivity contribution in [3.05, 3.63) is 58.6 Å². The molecule has 0 aliphatic heterocycles. The van der Waals surface area contributed by atoms with E-state index in [0.29, 0.717) is 16.3 Å². The second kappa shape index (κ2) is 5.64. The summed E-state index contributed by atoms with van der Waals surface area (Å²) in [6, 6.07) is 14.1. The molecule has 0 saturated carbocycles. The van der Waals surface area contributed by atoms with Crippen molar-refractivity contribution in [1.29, 1.82) is 5.26 Å². The Bertz CT molecular complexity index is 634. The second-order valence-corrected chi connectivity index (χ2v) is 4.66. The van der Waals surface area contributed by atoms with Crippen LogP contribution in [0.4, 0.5) is 5.69 Å². The number of halogens is 1. The minimum atomic E-state index is -0.133. The molecule has 0 amide bonds. The molecular weight excluding hydrogens is 260 g/mol. The Morgan fingerprint density at radius 2 is 2.00 bits per heavy atom. The van der Waals surface area contributed by atoms with Crippen LogP contribution in [0.3, 0.4) is 0 Å². The average Bonchev–Trinajstić information content (AvgIpc) is 2.39. The predicted molar refractivity (Wildman–Crippen MR) is 76.3 cm³/mol. The topological polar surface area (TPSA) is 56.0 Å². The number of hydrogen-bond donors (Lipinski definition) is 2. The Labute approximate surface area is 117 Å². The zero-order valence-corrected chi connectivity index (χ0v) is 11.1. The van der Waals surface area contributed by atoms with Gasteiger partial charge in [0.15, 0.2) is 0 Å².